The zero-order chi connectivity index (χ0) is 12.6. The molecule has 88 valence electrons. The summed E-state index contributed by atoms with van der Waals surface area (Å²) in [5.74, 6) is -0.518. The number of pyridine rings is 1. The molecule has 0 fully saturated rings. The first-order chi connectivity index (χ1) is 8.04. The smallest absolute Gasteiger partial charge is 0.338 e. The monoisotopic (exact) mass is 251 g/mol. The highest BCUT2D eigenvalue weighted by Crippen LogP contribution is 2.29. The third kappa shape index (κ3) is 1.91. The van der Waals surface area contributed by atoms with E-state index in [0.717, 1.165) is 10.9 Å². The maximum atomic E-state index is 11.0. The molecule has 1 N–H and O–H groups in total. The van der Waals surface area contributed by atoms with Crippen molar-refractivity contribution in [2.24, 2.45) is 0 Å². The van der Waals surface area contributed by atoms with Crippen LogP contribution in [0.4, 0.5) is 0 Å². The fraction of sp³-hybridized carbons (Fsp3) is 0.167. The molecule has 0 atom stereocenters. The second-order valence-corrected chi connectivity index (χ2v) is 3.97. The van der Waals surface area contributed by atoms with Crippen LogP contribution in [0.3, 0.4) is 0 Å². The van der Waals surface area contributed by atoms with Crippen LogP contribution in [0.15, 0.2) is 18.2 Å². The maximum Gasteiger partial charge on any atom is 0.338 e. The standard InChI is InChI=1S/C12H10ClNO3/c1-6-3-4-9(17-2)10-7(6)5-8(12(15)16)11(13)14-10/h3-5H,1-2H3,(H,15,16). The fourth-order valence-electron chi connectivity index (χ4n) is 1.66. The number of carbonyl (C=O) groups is 1. The van der Waals surface area contributed by atoms with Crippen molar-refractivity contribution >= 4 is 28.5 Å². The molecular formula is C12H10ClNO3. The molecule has 0 radical (unpaired) electrons. The Hall–Kier alpha value is -1.81. The van der Waals surface area contributed by atoms with E-state index in [9.17, 15) is 4.79 Å². The summed E-state index contributed by atoms with van der Waals surface area (Å²) in [5.41, 5.74) is 1.49. The van der Waals surface area contributed by atoms with Gasteiger partial charge in [0.25, 0.3) is 0 Å². The van der Waals surface area contributed by atoms with Gasteiger partial charge in [0.05, 0.1) is 12.7 Å². The van der Waals surface area contributed by atoms with E-state index in [0.29, 0.717) is 11.3 Å². The number of nitrogens with zero attached hydrogens (tertiary/aromatic N) is 1. The SMILES string of the molecule is COc1ccc(C)c2cc(C(=O)O)c(Cl)nc12. The second-order valence-electron chi connectivity index (χ2n) is 3.61. The molecule has 17 heavy (non-hydrogen) atoms. The lowest BCUT2D eigenvalue weighted by atomic mass is 10.1. The van der Waals surface area contributed by atoms with Gasteiger partial charge in [0.2, 0.25) is 0 Å². The van der Waals surface area contributed by atoms with Crippen molar-refractivity contribution < 1.29 is 14.6 Å². The highest BCUT2D eigenvalue weighted by molar-refractivity contribution is 6.33. The lowest BCUT2D eigenvalue weighted by Gasteiger charge is -2.08. The Labute approximate surface area is 103 Å². The first-order valence-electron chi connectivity index (χ1n) is 4.91. The first-order valence-corrected chi connectivity index (χ1v) is 5.29. The highest BCUT2D eigenvalue weighted by Gasteiger charge is 2.14. The Morgan fingerprint density at radius 2 is 2.18 bits per heavy atom. The molecule has 0 saturated heterocycles. The van der Waals surface area contributed by atoms with Crippen LogP contribution >= 0.6 is 11.6 Å². The predicted octanol–water partition coefficient (Wildman–Crippen LogP) is 2.90. The Kier molecular flexibility index (Phi) is 2.90. The zero-order valence-electron chi connectivity index (χ0n) is 9.32. The minimum atomic E-state index is -1.09. The predicted molar refractivity (Wildman–Crippen MR) is 65.0 cm³/mol. The lowest BCUT2D eigenvalue weighted by molar-refractivity contribution is 0.0697. The summed E-state index contributed by atoms with van der Waals surface area (Å²) in [6.45, 7) is 1.88. The van der Waals surface area contributed by atoms with Crippen LogP contribution in [0.2, 0.25) is 5.15 Å². The summed E-state index contributed by atoms with van der Waals surface area (Å²) < 4.78 is 5.17. The molecule has 0 bridgehead atoms. The number of fused-ring (bicyclic) bond motifs is 1. The summed E-state index contributed by atoms with van der Waals surface area (Å²) in [7, 11) is 1.53. The topological polar surface area (TPSA) is 59.4 Å². The number of hydrogen-bond acceptors (Lipinski definition) is 3. The van der Waals surface area contributed by atoms with Gasteiger partial charge in [0, 0.05) is 5.39 Å². The van der Waals surface area contributed by atoms with Gasteiger partial charge in [-0.3, -0.25) is 0 Å². The summed E-state index contributed by atoms with van der Waals surface area (Å²) in [4.78, 5) is 15.1. The molecule has 2 aromatic rings. The van der Waals surface area contributed by atoms with Crippen LogP contribution in [0.1, 0.15) is 15.9 Å². The van der Waals surface area contributed by atoms with Crippen LogP contribution in [-0.2, 0) is 0 Å². The number of aryl methyl sites for hydroxylation is 1. The van der Waals surface area contributed by atoms with Crippen LogP contribution in [0.25, 0.3) is 10.9 Å². The quantitative estimate of drug-likeness (QED) is 0.834. The summed E-state index contributed by atoms with van der Waals surface area (Å²) in [5, 5.41) is 9.68. The zero-order valence-corrected chi connectivity index (χ0v) is 10.1. The van der Waals surface area contributed by atoms with E-state index in [1.54, 1.807) is 6.07 Å². The number of ether oxygens (including phenoxy) is 1. The normalized spacial score (nSPS) is 10.5. The van der Waals surface area contributed by atoms with Crippen molar-refractivity contribution in [2.75, 3.05) is 7.11 Å². The number of methoxy groups -OCH3 is 1. The van der Waals surface area contributed by atoms with Gasteiger partial charge in [0.1, 0.15) is 16.4 Å². The fourth-order valence-corrected chi connectivity index (χ4v) is 1.88. The van der Waals surface area contributed by atoms with Crippen molar-refractivity contribution in [2.45, 2.75) is 6.92 Å². The Morgan fingerprint density at radius 1 is 1.47 bits per heavy atom. The molecule has 0 aliphatic heterocycles. The number of halogens is 1. The largest absolute Gasteiger partial charge is 0.494 e. The van der Waals surface area contributed by atoms with E-state index in [1.807, 2.05) is 13.0 Å². The van der Waals surface area contributed by atoms with Gasteiger partial charge >= 0.3 is 5.97 Å². The van der Waals surface area contributed by atoms with Gasteiger partial charge in [-0.15, -0.1) is 0 Å². The van der Waals surface area contributed by atoms with Crippen LogP contribution < -0.4 is 4.74 Å². The summed E-state index contributed by atoms with van der Waals surface area (Å²) in [6, 6.07) is 5.15. The Morgan fingerprint density at radius 3 is 2.76 bits per heavy atom. The summed E-state index contributed by atoms with van der Waals surface area (Å²) in [6.07, 6.45) is 0. The highest BCUT2D eigenvalue weighted by atomic mass is 35.5. The third-order valence-electron chi connectivity index (χ3n) is 2.57. The second kappa shape index (κ2) is 4.22. The number of carboxylic acid groups (broad SMARTS) is 1. The van der Waals surface area contributed by atoms with Gasteiger partial charge in [-0.2, -0.15) is 0 Å². The van der Waals surface area contributed by atoms with Crippen LogP contribution in [0.5, 0.6) is 5.75 Å². The van der Waals surface area contributed by atoms with E-state index in [-0.39, 0.29) is 10.7 Å². The molecule has 0 amide bonds. The molecule has 2 rings (SSSR count). The number of rotatable bonds is 2. The van der Waals surface area contributed by atoms with Crippen molar-refractivity contribution in [3.63, 3.8) is 0 Å². The van der Waals surface area contributed by atoms with Gasteiger partial charge in [-0.25, -0.2) is 9.78 Å². The average Bonchev–Trinajstić information content (AvgIpc) is 2.28. The van der Waals surface area contributed by atoms with E-state index >= 15 is 0 Å². The molecule has 0 saturated carbocycles. The van der Waals surface area contributed by atoms with E-state index in [2.05, 4.69) is 4.98 Å². The van der Waals surface area contributed by atoms with Crippen LogP contribution in [-0.4, -0.2) is 23.2 Å². The Balaban J connectivity index is 2.86. The molecule has 0 aliphatic rings. The van der Waals surface area contributed by atoms with E-state index in [4.69, 9.17) is 21.4 Å². The van der Waals surface area contributed by atoms with Crippen LogP contribution in [0, 0.1) is 6.92 Å². The maximum absolute atomic E-state index is 11.0. The van der Waals surface area contributed by atoms with Crippen molar-refractivity contribution in [1.82, 2.24) is 4.98 Å². The number of hydrogen-bond donors (Lipinski definition) is 1. The molecule has 5 heteroatoms. The molecule has 1 heterocycles. The number of carboxylic acids is 1. The first kappa shape index (κ1) is 11.7. The number of aromatic nitrogens is 1. The van der Waals surface area contributed by atoms with Gasteiger partial charge < -0.3 is 9.84 Å². The van der Waals surface area contributed by atoms with Crippen molar-refractivity contribution in [3.05, 3.63) is 34.5 Å². The molecular weight excluding hydrogens is 242 g/mol. The molecule has 1 aromatic heterocycles. The number of aromatic carboxylic acids is 1. The van der Waals surface area contributed by atoms with Gasteiger partial charge in [0.15, 0.2) is 0 Å². The summed E-state index contributed by atoms with van der Waals surface area (Å²) >= 11 is 5.83. The van der Waals surface area contributed by atoms with Crippen molar-refractivity contribution in [3.8, 4) is 5.75 Å². The van der Waals surface area contributed by atoms with Crippen molar-refractivity contribution in [1.29, 1.82) is 0 Å². The third-order valence-corrected chi connectivity index (χ3v) is 2.86. The average molecular weight is 252 g/mol. The lowest BCUT2D eigenvalue weighted by Crippen LogP contribution is -2.00. The van der Waals surface area contributed by atoms with E-state index < -0.39 is 5.97 Å². The number of benzene rings is 1. The molecule has 0 unspecified atom stereocenters. The van der Waals surface area contributed by atoms with E-state index in [1.165, 1.54) is 13.2 Å². The minimum Gasteiger partial charge on any atom is -0.494 e. The Bertz CT molecular complexity index is 610. The molecule has 0 spiro atoms. The minimum absolute atomic E-state index is 0.00415. The molecule has 1 aromatic carbocycles. The van der Waals surface area contributed by atoms with Gasteiger partial charge in [-0.05, 0) is 24.6 Å². The molecule has 4 nitrogen and oxygen atoms in total. The molecule has 0 aliphatic carbocycles. The van der Waals surface area contributed by atoms with Gasteiger partial charge in [-0.1, -0.05) is 17.7 Å².